The summed E-state index contributed by atoms with van der Waals surface area (Å²) in [6.07, 6.45) is 8.50. The van der Waals surface area contributed by atoms with Gasteiger partial charge in [-0.15, -0.1) is 0 Å². The zero-order chi connectivity index (χ0) is 17.9. The monoisotopic (exact) mass is 344 g/mol. The molecule has 4 rings (SSSR count). The van der Waals surface area contributed by atoms with E-state index in [1.807, 2.05) is 0 Å². The number of likely N-dealkylation sites (N-methyl/N-ethyl adjacent to an activating group) is 1. The SMILES string of the molecule is CN(C)CCc1cccc(-c2c3c(cn2-c2ccccc2)CCCC3)c1. The van der Waals surface area contributed by atoms with Crippen molar-refractivity contribution < 1.29 is 0 Å². The Morgan fingerprint density at radius 1 is 0.923 bits per heavy atom. The minimum atomic E-state index is 1.08. The molecule has 2 nitrogen and oxygen atoms in total. The Morgan fingerprint density at radius 3 is 2.54 bits per heavy atom. The number of nitrogens with zero attached hydrogens (tertiary/aromatic N) is 2. The first-order valence-electron chi connectivity index (χ1n) is 9.75. The minimum Gasteiger partial charge on any atom is -0.316 e. The summed E-state index contributed by atoms with van der Waals surface area (Å²) in [5.41, 5.74) is 8.53. The van der Waals surface area contributed by atoms with Gasteiger partial charge in [0.2, 0.25) is 0 Å². The third-order valence-corrected chi connectivity index (χ3v) is 5.40. The molecule has 0 bridgehead atoms. The molecule has 3 aromatic rings. The molecule has 0 atom stereocenters. The average Bonchev–Trinajstić information content (AvgIpc) is 3.07. The quantitative estimate of drug-likeness (QED) is 0.623. The van der Waals surface area contributed by atoms with E-state index in [9.17, 15) is 0 Å². The van der Waals surface area contributed by atoms with Crippen molar-refractivity contribution in [2.75, 3.05) is 20.6 Å². The summed E-state index contributed by atoms with van der Waals surface area (Å²) < 4.78 is 2.42. The van der Waals surface area contributed by atoms with Crippen LogP contribution in [0.1, 0.15) is 29.5 Å². The van der Waals surface area contributed by atoms with Crippen LogP contribution in [-0.2, 0) is 19.3 Å². The van der Waals surface area contributed by atoms with E-state index >= 15 is 0 Å². The van der Waals surface area contributed by atoms with Gasteiger partial charge in [-0.25, -0.2) is 0 Å². The highest BCUT2D eigenvalue weighted by Crippen LogP contribution is 2.35. The third-order valence-electron chi connectivity index (χ3n) is 5.40. The van der Waals surface area contributed by atoms with E-state index in [0.29, 0.717) is 0 Å². The van der Waals surface area contributed by atoms with Crippen LogP contribution >= 0.6 is 0 Å². The van der Waals surface area contributed by atoms with Gasteiger partial charge in [0.05, 0.1) is 5.69 Å². The van der Waals surface area contributed by atoms with Crippen molar-refractivity contribution in [3.8, 4) is 16.9 Å². The maximum absolute atomic E-state index is 2.42. The van der Waals surface area contributed by atoms with Crippen molar-refractivity contribution >= 4 is 0 Å². The molecule has 2 aromatic carbocycles. The number of para-hydroxylation sites is 1. The summed E-state index contributed by atoms with van der Waals surface area (Å²) in [5.74, 6) is 0. The van der Waals surface area contributed by atoms with E-state index in [4.69, 9.17) is 0 Å². The molecule has 2 heteroatoms. The molecule has 1 aliphatic rings. The van der Waals surface area contributed by atoms with E-state index in [1.54, 1.807) is 5.56 Å². The van der Waals surface area contributed by atoms with E-state index in [1.165, 1.54) is 53.8 Å². The summed E-state index contributed by atoms with van der Waals surface area (Å²) in [4.78, 5) is 2.25. The van der Waals surface area contributed by atoms with Gasteiger partial charge in [-0.1, -0.05) is 36.4 Å². The second-order valence-corrected chi connectivity index (χ2v) is 7.65. The van der Waals surface area contributed by atoms with Gasteiger partial charge in [0.1, 0.15) is 0 Å². The Labute approximate surface area is 157 Å². The lowest BCUT2D eigenvalue weighted by atomic mass is 9.91. The molecule has 0 spiro atoms. The van der Waals surface area contributed by atoms with Gasteiger partial charge in [-0.3, -0.25) is 0 Å². The number of benzene rings is 2. The largest absolute Gasteiger partial charge is 0.316 e. The summed E-state index contributed by atoms with van der Waals surface area (Å²) in [6.45, 7) is 1.08. The van der Waals surface area contributed by atoms with Crippen LogP contribution in [0.2, 0.25) is 0 Å². The summed E-state index contributed by atoms with van der Waals surface area (Å²) in [5, 5.41) is 0. The van der Waals surface area contributed by atoms with Crippen molar-refractivity contribution in [3.63, 3.8) is 0 Å². The molecule has 0 saturated carbocycles. The van der Waals surface area contributed by atoms with Gasteiger partial charge in [-0.05, 0) is 86.7 Å². The topological polar surface area (TPSA) is 8.17 Å². The summed E-state index contributed by atoms with van der Waals surface area (Å²) >= 11 is 0. The van der Waals surface area contributed by atoms with Crippen molar-refractivity contribution in [3.05, 3.63) is 77.5 Å². The van der Waals surface area contributed by atoms with Crippen LogP contribution in [0.25, 0.3) is 16.9 Å². The normalized spacial score (nSPS) is 13.8. The number of fused-ring (bicyclic) bond motifs is 1. The molecule has 1 aliphatic carbocycles. The molecule has 0 unspecified atom stereocenters. The van der Waals surface area contributed by atoms with Crippen molar-refractivity contribution in [2.45, 2.75) is 32.1 Å². The van der Waals surface area contributed by atoms with Gasteiger partial charge in [0.25, 0.3) is 0 Å². The molecule has 0 saturated heterocycles. The lowest BCUT2D eigenvalue weighted by Gasteiger charge is -2.16. The maximum Gasteiger partial charge on any atom is 0.0563 e. The van der Waals surface area contributed by atoms with Crippen LogP contribution in [0.3, 0.4) is 0 Å². The zero-order valence-corrected chi connectivity index (χ0v) is 15.9. The molecular weight excluding hydrogens is 316 g/mol. The van der Waals surface area contributed by atoms with Crippen molar-refractivity contribution in [1.82, 2.24) is 9.47 Å². The molecule has 0 fully saturated rings. The summed E-state index contributed by atoms with van der Waals surface area (Å²) in [6, 6.07) is 19.9. The van der Waals surface area contributed by atoms with Gasteiger partial charge < -0.3 is 9.47 Å². The van der Waals surface area contributed by atoms with E-state index in [0.717, 1.165) is 13.0 Å². The van der Waals surface area contributed by atoms with Crippen molar-refractivity contribution in [2.24, 2.45) is 0 Å². The molecule has 1 aromatic heterocycles. The number of hydrogen-bond acceptors (Lipinski definition) is 1. The van der Waals surface area contributed by atoms with Crippen LogP contribution in [0.4, 0.5) is 0 Å². The summed E-state index contributed by atoms with van der Waals surface area (Å²) in [7, 11) is 4.28. The molecule has 0 N–H and O–H groups in total. The van der Waals surface area contributed by atoms with Crippen LogP contribution in [0.5, 0.6) is 0 Å². The average molecular weight is 345 g/mol. The molecule has 0 amide bonds. The smallest absolute Gasteiger partial charge is 0.0563 e. The second-order valence-electron chi connectivity index (χ2n) is 7.65. The molecule has 134 valence electrons. The molecule has 0 aliphatic heterocycles. The second kappa shape index (κ2) is 7.51. The Bertz CT molecular complexity index is 874. The number of aryl methyl sites for hydroxylation is 1. The third kappa shape index (κ3) is 3.47. The van der Waals surface area contributed by atoms with Gasteiger partial charge in [-0.2, -0.15) is 0 Å². The van der Waals surface area contributed by atoms with Gasteiger partial charge in [0, 0.05) is 18.4 Å². The van der Waals surface area contributed by atoms with Crippen molar-refractivity contribution in [1.29, 1.82) is 0 Å². The Kier molecular flexibility index (Phi) is 4.94. The zero-order valence-electron chi connectivity index (χ0n) is 15.9. The van der Waals surface area contributed by atoms with Crippen LogP contribution in [0.15, 0.2) is 60.8 Å². The Morgan fingerprint density at radius 2 is 1.73 bits per heavy atom. The fourth-order valence-electron chi connectivity index (χ4n) is 4.04. The van der Waals surface area contributed by atoms with Crippen LogP contribution < -0.4 is 0 Å². The van der Waals surface area contributed by atoms with Crippen LogP contribution in [-0.4, -0.2) is 30.1 Å². The van der Waals surface area contributed by atoms with Crippen LogP contribution in [0, 0.1) is 0 Å². The van der Waals surface area contributed by atoms with Gasteiger partial charge in [0.15, 0.2) is 0 Å². The first-order valence-corrected chi connectivity index (χ1v) is 9.75. The highest BCUT2D eigenvalue weighted by molar-refractivity contribution is 5.70. The molecule has 0 radical (unpaired) electrons. The fraction of sp³-hybridized carbons (Fsp3) is 0.333. The maximum atomic E-state index is 2.42. The van der Waals surface area contributed by atoms with E-state index in [2.05, 4.69) is 84.4 Å². The lowest BCUT2D eigenvalue weighted by molar-refractivity contribution is 0.413. The van der Waals surface area contributed by atoms with E-state index in [-0.39, 0.29) is 0 Å². The highest BCUT2D eigenvalue weighted by atomic mass is 15.0. The predicted octanol–water partition coefficient (Wildman–Crippen LogP) is 5.13. The standard InChI is InChI=1S/C24H28N2/c1-25(2)16-15-19-9-8-11-20(17-19)24-23-14-7-6-10-21(23)18-26(24)22-12-4-3-5-13-22/h3-5,8-9,11-13,17-18H,6-7,10,14-16H2,1-2H3. The predicted molar refractivity (Wildman–Crippen MR) is 110 cm³/mol. The number of hydrogen-bond donors (Lipinski definition) is 0. The van der Waals surface area contributed by atoms with Gasteiger partial charge >= 0.3 is 0 Å². The highest BCUT2D eigenvalue weighted by Gasteiger charge is 2.20. The molecular formula is C24H28N2. The Balaban J connectivity index is 1.80. The lowest BCUT2D eigenvalue weighted by Crippen LogP contribution is -2.15. The fourth-order valence-corrected chi connectivity index (χ4v) is 4.04. The van der Waals surface area contributed by atoms with E-state index < -0.39 is 0 Å². The molecule has 1 heterocycles. The number of rotatable bonds is 5. The number of aromatic nitrogens is 1. The first kappa shape index (κ1) is 17.1. The first-order chi connectivity index (χ1) is 12.7. The minimum absolute atomic E-state index is 1.08. The molecule has 26 heavy (non-hydrogen) atoms. The Hall–Kier alpha value is -2.32.